The van der Waals surface area contributed by atoms with Crippen LogP contribution >= 0.6 is 0 Å². The first-order valence-corrected chi connectivity index (χ1v) is 10.1. The predicted octanol–water partition coefficient (Wildman–Crippen LogP) is 1.29. The molecule has 0 spiro atoms. The van der Waals surface area contributed by atoms with E-state index in [1.807, 2.05) is 9.80 Å². The number of carbonyl (C=O) groups excluding carboxylic acids is 2. The topological polar surface area (TPSA) is 75.6 Å². The average molecular weight is 372 g/mol. The van der Waals surface area contributed by atoms with Crippen LogP contribution in [-0.2, 0) is 20.7 Å². The summed E-state index contributed by atoms with van der Waals surface area (Å²) in [6.07, 6.45) is 10.3. The maximum Gasteiger partial charge on any atom is 0.228 e. The van der Waals surface area contributed by atoms with E-state index in [1.54, 1.807) is 12.4 Å². The molecule has 27 heavy (non-hydrogen) atoms. The van der Waals surface area contributed by atoms with Gasteiger partial charge in [0.25, 0.3) is 0 Å². The van der Waals surface area contributed by atoms with E-state index >= 15 is 0 Å². The van der Waals surface area contributed by atoms with Crippen LogP contribution in [0.15, 0.2) is 18.7 Å². The first-order valence-electron chi connectivity index (χ1n) is 10.1. The van der Waals surface area contributed by atoms with E-state index < -0.39 is 0 Å². The molecule has 0 unspecified atom stereocenters. The molecule has 3 fully saturated rings. The largest absolute Gasteiger partial charge is 0.377 e. The van der Waals surface area contributed by atoms with Crippen LogP contribution in [-0.4, -0.2) is 70.5 Å². The van der Waals surface area contributed by atoms with Gasteiger partial charge in [-0.05, 0) is 37.7 Å². The van der Waals surface area contributed by atoms with Crippen LogP contribution in [0.1, 0.15) is 37.7 Å². The summed E-state index contributed by atoms with van der Waals surface area (Å²) in [6, 6.07) is 0. The van der Waals surface area contributed by atoms with Gasteiger partial charge in [-0.3, -0.25) is 9.59 Å². The lowest BCUT2D eigenvalue weighted by atomic mass is 9.83. The van der Waals surface area contributed by atoms with Gasteiger partial charge in [0, 0.05) is 50.9 Å². The quantitative estimate of drug-likeness (QED) is 0.796. The van der Waals surface area contributed by atoms with Gasteiger partial charge in [0.1, 0.15) is 6.33 Å². The van der Waals surface area contributed by atoms with E-state index in [-0.39, 0.29) is 29.8 Å². The summed E-state index contributed by atoms with van der Waals surface area (Å²) in [7, 11) is 0. The van der Waals surface area contributed by atoms with Crippen molar-refractivity contribution in [2.24, 2.45) is 11.8 Å². The molecular formula is C20H28N4O3. The Morgan fingerprint density at radius 3 is 2.67 bits per heavy atom. The predicted molar refractivity (Wildman–Crippen MR) is 98.7 cm³/mol. The van der Waals surface area contributed by atoms with Crippen molar-refractivity contribution in [3.63, 3.8) is 0 Å². The molecule has 3 aliphatic heterocycles. The van der Waals surface area contributed by atoms with Crippen molar-refractivity contribution in [1.29, 1.82) is 0 Å². The molecule has 0 N–H and O–H groups in total. The third-order valence-electron chi connectivity index (χ3n) is 6.12. The second-order valence-electron chi connectivity index (χ2n) is 7.97. The lowest BCUT2D eigenvalue weighted by molar-refractivity contribution is -0.151. The number of rotatable bonds is 4. The van der Waals surface area contributed by atoms with Crippen LogP contribution in [0.5, 0.6) is 0 Å². The fourth-order valence-electron chi connectivity index (χ4n) is 4.59. The summed E-state index contributed by atoms with van der Waals surface area (Å²) in [6.45, 7) is 3.77. The number of nitrogens with zero attached hydrogens (tertiary/aromatic N) is 4. The number of hydrogen-bond donors (Lipinski definition) is 0. The highest BCUT2D eigenvalue weighted by atomic mass is 16.5. The highest BCUT2D eigenvalue weighted by Crippen LogP contribution is 2.33. The van der Waals surface area contributed by atoms with Crippen LogP contribution in [0.2, 0.25) is 0 Å². The number of fused-ring (bicyclic) bond motifs is 1. The smallest absolute Gasteiger partial charge is 0.228 e. The number of aromatic nitrogens is 2. The number of aryl methyl sites for hydroxylation is 1. The van der Waals surface area contributed by atoms with Gasteiger partial charge in [0.2, 0.25) is 11.8 Å². The van der Waals surface area contributed by atoms with Gasteiger partial charge >= 0.3 is 0 Å². The van der Waals surface area contributed by atoms with Gasteiger partial charge in [-0.15, -0.1) is 0 Å². The Morgan fingerprint density at radius 1 is 1.11 bits per heavy atom. The zero-order chi connectivity index (χ0) is 18.6. The summed E-state index contributed by atoms with van der Waals surface area (Å²) in [4.78, 5) is 37.3. The molecule has 3 aliphatic rings. The summed E-state index contributed by atoms with van der Waals surface area (Å²) < 4.78 is 6.03. The Kier molecular flexibility index (Phi) is 5.66. The van der Waals surface area contributed by atoms with Crippen molar-refractivity contribution in [3.05, 3.63) is 24.3 Å². The van der Waals surface area contributed by atoms with Crippen molar-refractivity contribution in [1.82, 2.24) is 19.8 Å². The molecule has 146 valence electrons. The van der Waals surface area contributed by atoms with E-state index in [4.69, 9.17) is 4.74 Å². The van der Waals surface area contributed by atoms with E-state index in [1.165, 1.54) is 6.33 Å². The number of piperidine rings is 1. The van der Waals surface area contributed by atoms with Crippen LogP contribution in [0, 0.1) is 11.8 Å². The molecule has 1 aromatic rings. The average Bonchev–Trinajstić information content (AvgIpc) is 3.26. The third kappa shape index (κ3) is 4.29. The minimum Gasteiger partial charge on any atom is -0.377 e. The van der Waals surface area contributed by atoms with Gasteiger partial charge in [-0.2, -0.15) is 0 Å². The summed E-state index contributed by atoms with van der Waals surface area (Å²) >= 11 is 0. The van der Waals surface area contributed by atoms with Crippen LogP contribution in [0.3, 0.4) is 0 Å². The second kappa shape index (κ2) is 8.33. The molecule has 3 atom stereocenters. The van der Waals surface area contributed by atoms with Crippen LogP contribution in [0.25, 0.3) is 0 Å². The van der Waals surface area contributed by atoms with Gasteiger partial charge in [0.15, 0.2) is 0 Å². The zero-order valence-corrected chi connectivity index (χ0v) is 15.8. The van der Waals surface area contributed by atoms with E-state index in [9.17, 15) is 9.59 Å². The lowest BCUT2D eigenvalue weighted by Crippen LogP contribution is -2.52. The van der Waals surface area contributed by atoms with Gasteiger partial charge in [0.05, 0.1) is 18.6 Å². The molecule has 3 saturated heterocycles. The Hall–Kier alpha value is -2.02. The Labute approximate surface area is 160 Å². The van der Waals surface area contributed by atoms with Crippen molar-refractivity contribution < 1.29 is 14.3 Å². The first kappa shape index (κ1) is 18.3. The lowest BCUT2D eigenvalue weighted by Gasteiger charge is -2.43. The highest BCUT2D eigenvalue weighted by Gasteiger charge is 2.40. The van der Waals surface area contributed by atoms with Crippen LogP contribution in [0.4, 0.5) is 0 Å². The molecular weight excluding hydrogens is 344 g/mol. The van der Waals surface area contributed by atoms with Gasteiger partial charge in [-0.1, -0.05) is 0 Å². The highest BCUT2D eigenvalue weighted by molar-refractivity contribution is 5.79. The maximum absolute atomic E-state index is 12.7. The summed E-state index contributed by atoms with van der Waals surface area (Å²) in [5.74, 6) is 0.651. The minimum atomic E-state index is -0.0409. The summed E-state index contributed by atoms with van der Waals surface area (Å²) in [5.41, 5.74) is 0.984. The fourth-order valence-corrected chi connectivity index (χ4v) is 4.59. The number of hydrogen-bond acceptors (Lipinski definition) is 5. The normalized spacial score (nSPS) is 28.1. The SMILES string of the molecule is O=C(CCc1cncnc1)N1CC[C@H]2OC[C@@H](C(=O)N3CCCC3)C[C@H]2C1. The standard InChI is InChI=1S/C20H28N4O3/c25-19(4-3-15-10-21-14-22-11-15)24-8-5-18-16(12-24)9-17(13-27-18)20(26)23-6-1-2-7-23/h10-11,14,16-18H,1-9,12-13H2/t16-,17-,18+/m0/s1. The molecule has 0 saturated carbocycles. The molecule has 1 aromatic heterocycles. The molecule has 2 amide bonds. The third-order valence-corrected chi connectivity index (χ3v) is 6.12. The number of likely N-dealkylation sites (tertiary alicyclic amines) is 2. The van der Waals surface area contributed by atoms with Crippen molar-refractivity contribution in [3.8, 4) is 0 Å². The van der Waals surface area contributed by atoms with Crippen molar-refractivity contribution >= 4 is 11.8 Å². The Balaban J connectivity index is 1.30. The molecule has 4 rings (SSSR count). The number of amides is 2. The molecule has 0 bridgehead atoms. The fraction of sp³-hybridized carbons (Fsp3) is 0.700. The number of ether oxygens (including phenoxy) is 1. The number of carbonyl (C=O) groups is 2. The second-order valence-corrected chi connectivity index (χ2v) is 7.97. The van der Waals surface area contributed by atoms with Crippen molar-refractivity contribution in [2.45, 2.75) is 44.6 Å². The molecule has 7 nitrogen and oxygen atoms in total. The molecule has 0 aliphatic carbocycles. The Morgan fingerprint density at radius 2 is 1.89 bits per heavy atom. The Bertz CT molecular complexity index is 662. The zero-order valence-electron chi connectivity index (χ0n) is 15.8. The maximum atomic E-state index is 12.7. The van der Waals surface area contributed by atoms with Crippen LogP contribution < -0.4 is 0 Å². The van der Waals surface area contributed by atoms with E-state index in [2.05, 4.69) is 9.97 Å². The van der Waals surface area contributed by atoms with E-state index in [0.717, 1.165) is 50.9 Å². The van der Waals surface area contributed by atoms with Crippen molar-refractivity contribution in [2.75, 3.05) is 32.8 Å². The monoisotopic (exact) mass is 372 g/mol. The van der Waals surface area contributed by atoms with E-state index in [0.29, 0.717) is 26.0 Å². The molecule has 0 radical (unpaired) electrons. The molecule has 0 aromatic carbocycles. The van der Waals surface area contributed by atoms with Gasteiger partial charge in [-0.25, -0.2) is 9.97 Å². The molecule has 7 heteroatoms. The summed E-state index contributed by atoms with van der Waals surface area (Å²) in [5, 5.41) is 0. The molecule has 4 heterocycles. The minimum absolute atomic E-state index is 0.0409. The van der Waals surface area contributed by atoms with Gasteiger partial charge < -0.3 is 14.5 Å². The first-order chi connectivity index (χ1) is 13.2.